The standard InChI is InChI=1S/C16H15N7O2/c1-10(8-21-11(2)7-14(19-21)23(24)25)15-18-16-12-5-3-4-6-13(12)17-9-22(16)20-15/h3-7,9-10H,8H2,1-2H3. The summed E-state index contributed by atoms with van der Waals surface area (Å²) in [4.78, 5) is 19.4. The van der Waals surface area contributed by atoms with Gasteiger partial charge in [-0.05, 0) is 24.0 Å². The van der Waals surface area contributed by atoms with E-state index in [4.69, 9.17) is 0 Å². The fourth-order valence-corrected chi connectivity index (χ4v) is 2.81. The Morgan fingerprint density at radius 1 is 1.28 bits per heavy atom. The molecule has 0 bridgehead atoms. The molecular formula is C16H15N7O2. The smallest absolute Gasteiger partial charge is 0.358 e. The van der Waals surface area contributed by atoms with Gasteiger partial charge in [0.2, 0.25) is 0 Å². The van der Waals surface area contributed by atoms with Crippen LogP contribution >= 0.6 is 0 Å². The summed E-state index contributed by atoms with van der Waals surface area (Å²) in [6, 6.07) is 9.22. The monoisotopic (exact) mass is 337 g/mol. The predicted molar refractivity (Wildman–Crippen MR) is 90.3 cm³/mol. The number of rotatable bonds is 4. The van der Waals surface area contributed by atoms with Gasteiger partial charge in [-0.2, -0.15) is 4.68 Å². The van der Waals surface area contributed by atoms with E-state index in [0.717, 1.165) is 22.2 Å². The Bertz CT molecular complexity index is 1100. The molecule has 126 valence electrons. The van der Waals surface area contributed by atoms with Gasteiger partial charge in [0.25, 0.3) is 0 Å². The highest BCUT2D eigenvalue weighted by molar-refractivity contribution is 5.90. The summed E-state index contributed by atoms with van der Waals surface area (Å²) in [5.74, 6) is 0.440. The third-order valence-corrected chi connectivity index (χ3v) is 4.14. The second-order valence-corrected chi connectivity index (χ2v) is 5.98. The van der Waals surface area contributed by atoms with E-state index in [0.29, 0.717) is 12.4 Å². The SMILES string of the molecule is Cc1cc([N+](=O)[O-])nn1CC(C)c1nc2c3ccccc3ncn2n1. The van der Waals surface area contributed by atoms with Crippen molar-refractivity contribution in [3.05, 3.63) is 58.3 Å². The molecule has 9 nitrogen and oxygen atoms in total. The number of aryl methyl sites for hydroxylation is 1. The molecule has 0 saturated heterocycles. The number of benzene rings is 1. The molecule has 0 aliphatic heterocycles. The molecule has 1 atom stereocenters. The van der Waals surface area contributed by atoms with Crippen LogP contribution in [0.3, 0.4) is 0 Å². The van der Waals surface area contributed by atoms with Crippen molar-refractivity contribution < 1.29 is 4.92 Å². The summed E-state index contributed by atoms with van der Waals surface area (Å²) in [7, 11) is 0. The Balaban J connectivity index is 1.69. The van der Waals surface area contributed by atoms with Crippen LogP contribution in [0, 0.1) is 17.0 Å². The molecule has 25 heavy (non-hydrogen) atoms. The zero-order valence-corrected chi connectivity index (χ0v) is 13.7. The van der Waals surface area contributed by atoms with Gasteiger partial charge in [0.05, 0.1) is 28.9 Å². The first-order valence-electron chi connectivity index (χ1n) is 7.82. The Kier molecular flexibility index (Phi) is 3.41. The molecule has 4 rings (SSSR count). The van der Waals surface area contributed by atoms with E-state index in [2.05, 4.69) is 20.2 Å². The van der Waals surface area contributed by atoms with Crippen LogP contribution in [-0.4, -0.2) is 34.3 Å². The molecule has 1 unspecified atom stereocenters. The highest BCUT2D eigenvalue weighted by Gasteiger charge is 2.20. The predicted octanol–water partition coefficient (Wildman–Crippen LogP) is 2.49. The fraction of sp³-hybridized carbons (Fsp3) is 0.250. The lowest BCUT2D eigenvalue weighted by Gasteiger charge is -2.05. The van der Waals surface area contributed by atoms with Crippen LogP contribution < -0.4 is 0 Å². The van der Waals surface area contributed by atoms with Gasteiger partial charge in [-0.3, -0.25) is 0 Å². The summed E-state index contributed by atoms with van der Waals surface area (Å²) in [6.45, 7) is 4.22. The lowest BCUT2D eigenvalue weighted by Crippen LogP contribution is -2.11. The molecule has 3 heterocycles. The highest BCUT2D eigenvalue weighted by atomic mass is 16.6. The second kappa shape index (κ2) is 5.62. The zero-order valence-electron chi connectivity index (χ0n) is 13.7. The van der Waals surface area contributed by atoms with E-state index in [1.54, 1.807) is 22.4 Å². The quantitative estimate of drug-likeness (QED) is 0.418. The van der Waals surface area contributed by atoms with Gasteiger partial charge in [0.1, 0.15) is 6.33 Å². The van der Waals surface area contributed by atoms with Gasteiger partial charge in [-0.25, -0.2) is 14.5 Å². The van der Waals surface area contributed by atoms with Gasteiger partial charge in [0.15, 0.2) is 11.5 Å². The molecule has 0 amide bonds. The van der Waals surface area contributed by atoms with Crippen molar-refractivity contribution in [2.45, 2.75) is 26.3 Å². The molecule has 0 aliphatic carbocycles. The first-order valence-corrected chi connectivity index (χ1v) is 7.82. The van der Waals surface area contributed by atoms with E-state index in [9.17, 15) is 10.1 Å². The van der Waals surface area contributed by atoms with E-state index >= 15 is 0 Å². The number of fused-ring (bicyclic) bond motifs is 3. The third kappa shape index (κ3) is 2.59. The molecule has 0 radical (unpaired) electrons. The van der Waals surface area contributed by atoms with E-state index < -0.39 is 4.92 Å². The summed E-state index contributed by atoms with van der Waals surface area (Å²) >= 11 is 0. The van der Waals surface area contributed by atoms with Gasteiger partial charge in [0, 0.05) is 11.3 Å². The van der Waals surface area contributed by atoms with Crippen molar-refractivity contribution in [1.82, 2.24) is 29.4 Å². The summed E-state index contributed by atoms with van der Waals surface area (Å²) in [5, 5.41) is 20.3. The van der Waals surface area contributed by atoms with Crippen LogP contribution in [-0.2, 0) is 6.54 Å². The van der Waals surface area contributed by atoms with Crippen molar-refractivity contribution in [2.75, 3.05) is 0 Å². The summed E-state index contributed by atoms with van der Waals surface area (Å²) < 4.78 is 3.28. The Hall–Kier alpha value is -3.36. The zero-order chi connectivity index (χ0) is 17.6. The first kappa shape index (κ1) is 15.2. The van der Waals surface area contributed by atoms with Gasteiger partial charge in [-0.15, -0.1) is 5.10 Å². The number of aromatic nitrogens is 6. The lowest BCUT2D eigenvalue weighted by molar-refractivity contribution is -0.389. The summed E-state index contributed by atoms with van der Waals surface area (Å²) in [6.07, 6.45) is 1.64. The molecule has 3 aromatic heterocycles. The highest BCUT2D eigenvalue weighted by Crippen LogP contribution is 2.21. The minimum absolute atomic E-state index is 0.0585. The third-order valence-electron chi connectivity index (χ3n) is 4.14. The Morgan fingerprint density at radius 2 is 2.08 bits per heavy atom. The Morgan fingerprint density at radius 3 is 2.84 bits per heavy atom. The average Bonchev–Trinajstić information content (AvgIpc) is 3.19. The number of nitrogens with zero attached hydrogens (tertiary/aromatic N) is 7. The van der Waals surface area contributed by atoms with Gasteiger partial charge in [-0.1, -0.05) is 19.1 Å². The number of hydrogen-bond donors (Lipinski definition) is 0. The molecule has 9 heteroatoms. The summed E-state index contributed by atoms with van der Waals surface area (Å²) in [5.41, 5.74) is 2.34. The van der Waals surface area contributed by atoms with Crippen molar-refractivity contribution in [3.63, 3.8) is 0 Å². The molecule has 0 aliphatic rings. The maximum absolute atomic E-state index is 10.9. The maximum Gasteiger partial charge on any atom is 0.390 e. The average molecular weight is 337 g/mol. The van der Waals surface area contributed by atoms with E-state index in [-0.39, 0.29) is 11.7 Å². The van der Waals surface area contributed by atoms with Crippen molar-refractivity contribution in [2.24, 2.45) is 0 Å². The van der Waals surface area contributed by atoms with Crippen LogP contribution in [0.15, 0.2) is 36.7 Å². The Labute approximate surface area is 142 Å². The van der Waals surface area contributed by atoms with E-state index in [1.807, 2.05) is 31.2 Å². The van der Waals surface area contributed by atoms with Gasteiger partial charge < -0.3 is 10.1 Å². The largest absolute Gasteiger partial charge is 0.390 e. The van der Waals surface area contributed by atoms with E-state index in [1.165, 1.54) is 6.07 Å². The van der Waals surface area contributed by atoms with Crippen molar-refractivity contribution >= 4 is 22.4 Å². The lowest BCUT2D eigenvalue weighted by atomic mass is 10.1. The number of hydrogen-bond acceptors (Lipinski definition) is 6. The van der Waals surface area contributed by atoms with Crippen LogP contribution in [0.25, 0.3) is 16.6 Å². The van der Waals surface area contributed by atoms with Crippen LogP contribution in [0.2, 0.25) is 0 Å². The van der Waals surface area contributed by atoms with Gasteiger partial charge >= 0.3 is 5.82 Å². The topological polar surface area (TPSA) is 104 Å². The molecule has 0 spiro atoms. The van der Waals surface area contributed by atoms with Crippen molar-refractivity contribution in [3.8, 4) is 0 Å². The first-order chi connectivity index (χ1) is 12.0. The second-order valence-electron chi connectivity index (χ2n) is 5.98. The number of nitro groups is 1. The molecule has 1 aromatic carbocycles. The number of para-hydroxylation sites is 1. The molecular weight excluding hydrogens is 322 g/mol. The molecule has 0 N–H and O–H groups in total. The van der Waals surface area contributed by atoms with Crippen LogP contribution in [0.4, 0.5) is 5.82 Å². The minimum Gasteiger partial charge on any atom is -0.358 e. The molecule has 0 fully saturated rings. The maximum atomic E-state index is 10.9. The van der Waals surface area contributed by atoms with Crippen molar-refractivity contribution in [1.29, 1.82) is 0 Å². The fourth-order valence-electron chi connectivity index (χ4n) is 2.81. The normalized spacial score (nSPS) is 12.7. The van der Waals surface area contributed by atoms with Crippen LogP contribution in [0.5, 0.6) is 0 Å². The molecule has 4 aromatic rings. The van der Waals surface area contributed by atoms with Crippen LogP contribution in [0.1, 0.15) is 24.4 Å². The minimum atomic E-state index is -0.491. The molecule has 0 saturated carbocycles.